The van der Waals surface area contributed by atoms with Gasteiger partial charge in [0.1, 0.15) is 12.0 Å². The Morgan fingerprint density at radius 3 is 3.11 bits per heavy atom. The molecule has 5 heteroatoms. The van der Waals surface area contributed by atoms with Crippen molar-refractivity contribution in [2.75, 3.05) is 0 Å². The highest BCUT2D eigenvalue weighted by molar-refractivity contribution is 7.15. The minimum atomic E-state index is 0.878. The minimum absolute atomic E-state index is 0.878. The van der Waals surface area contributed by atoms with Gasteiger partial charge in [-0.3, -0.25) is 0 Å². The standard InChI is InChI=1S/C13H14N4S/c1-2-3-4-11-15-7-10(18-11)12-9-5-6-14-13(9)17-8-16-12/h5-8H,2-4H2,1H3,(H,14,16,17). The van der Waals surface area contributed by atoms with Gasteiger partial charge in [-0.1, -0.05) is 13.3 Å². The summed E-state index contributed by atoms with van der Waals surface area (Å²) < 4.78 is 0. The molecule has 3 heterocycles. The van der Waals surface area contributed by atoms with E-state index in [-0.39, 0.29) is 0 Å². The monoisotopic (exact) mass is 258 g/mol. The number of aryl methyl sites for hydroxylation is 1. The molecule has 0 aromatic carbocycles. The number of aromatic nitrogens is 4. The molecule has 0 saturated heterocycles. The summed E-state index contributed by atoms with van der Waals surface area (Å²) in [5.41, 5.74) is 1.85. The van der Waals surface area contributed by atoms with Crippen LogP contribution in [0.25, 0.3) is 21.6 Å². The van der Waals surface area contributed by atoms with E-state index in [0.29, 0.717) is 0 Å². The Labute approximate surface area is 109 Å². The van der Waals surface area contributed by atoms with E-state index in [1.165, 1.54) is 17.8 Å². The molecule has 0 saturated carbocycles. The van der Waals surface area contributed by atoms with Crippen LogP contribution >= 0.6 is 11.3 Å². The van der Waals surface area contributed by atoms with Crippen LogP contribution in [0.4, 0.5) is 0 Å². The normalized spacial score (nSPS) is 11.2. The number of hydrogen-bond donors (Lipinski definition) is 1. The van der Waals surface area contributed by atoms with Crippen molar-refractivity contribution in [2.45, 2.75) is 26.2 Å². The molecule has 3 rings (SSSR count). The number of H-pyrrole nitrogens is 1. The summed E-state index contributed by atoms with van der Waals surface area (Å²) in [6, 6.07) is 2.01. The highest BCUT2D eigenvalue weighted by atomic mass is 32.1. The van der Waals surface area contributed by atoms with Gasteiger partial charge in [0.2, 0.25) is 0 Å². The van der Waals surface area contributed by atoms with E-state index in [1.54, 1.807) is 17.7 Å². The zero-order valence-electron chi connectivity index (χ0n) is 10.2. The molecule has 0 aliphatic rings. The molecule has 0 atom stereocenters. The smallest absolute Gasteiger partial charge is 0.141 e. The molecular formula is C13H14N4S. The van der Waals surface area contributed by atoms with Crippen molar-refractivity contribution < 1.29 is 0 Å². The summed E-state index contributed by atoms with van der Waals surface area (Å²) in [6.07, 6.45) is 8.86. The first-order valence-electron chi connectivity index (χ1n) is 6.11. The number of nitrogens with one attached hydrogen (secondary N) is 1. The highest BCUT2D eigenvalue weighted by Crippen LogP contribution is 2.29. The Hall–Kier alpha value is -1.75. The summed E-state index contributed by atoms with van der Waals surface area (Å²) in [4.78, 5) is 17.3. The molecule has 3 aromatic heterocycles. The zero-order chi connectivity index (χ0) is 12.4. The number of nitrogens with zero attached hydrogens (tertiary/aromatic N) is 3. The lowest BCUT2D eigenvalue weighted by atomic mass is 10.2. The third-order valence-electron chi connectivity index (χ3n) is 2.89. The first-order valence-corrected chi connectivity index (χ1v) is 6.93. The van der Waals surface area contributed by atoms with Gasteiger partial charge in [0.15, 0.2) is 0 Å². The van der Waals surface area contributed by atoms with E-state index in [0.717, 1.165) is 28.0 Å². The van der Waals surface area contributed by atoms with Crippen molar-refractivity contribution >= 4 is 22.4 Å². The van der Waals surface area contributed by atoms with Crippen molar-refractivity contribution in [3.05, 3.63) is 29.8 Å². The van der Waals surface area contributed by atoms with E-state index in [9.17, 15) is 0 Å². The first kappa shape index (κ1) is 11.3. The van der Waals surface area contributed by atoms with Crippen LogP contribution in [0.1, 0.15) is 24.8 Å². The summed E-state index contributed by atoms with van der Waals surface area (Å²) >= 11 is 1.73. The van der Waals surface area contributed by atoms with Crippen LogP contribution in [0.3, 0.4) is 0 Å². The second-order valence-electron chi connectivity index (χ2n) is 4.18. The maximum atomic E-state index is 4.47. The number of fused-ring (bicyclic) bond motifs is 1. The van der Waals surface area contributed by atoms with E-state index in [2.05, 4.69) is 26.9 Å². The second-order valence-corrected chi connectivity index (χ2v) is 5.30. The fraction of sp³-hybridized carbons (Fsp3) is 0.308. The SMILES string of the molecule is CCCCc1ncc(-c2ncnc3[nH]ccc23)s1. The van der Waals surface area contributed by atoms with Crippen molar-refractivity contribution in [1.29, 1.82) is 0 Å². The van der Waals surface area contributed by atoms with Gasteiger partial charge in [-0.15, -0.1) is 11.3 Å². The van der Waals surface area contributed by atoms with Gasteiger partial charge in [-0.05, 0) is 18.9 Å². The van der Waals surface area contributed by atoms with Crippen molar-refractivity contribution in [3.8, 4) is 10.6 Å². The Morgan fingerprint density at radius 1 is 1.28 bits per heavy atom. The van der Waals surface area contributed by atoms with Crippen LogP contribution < -0.4 is 0 Å². The summed E-state index contributed by atoms with van der Waals surface area (Å²) in [6.45, 7) is 2.20. The molecule has 0 spiro atoms. The molecule has 1 N–H and O–H groups in total. The largest absolute Gasteiger partial charge is 0.346 e. The van der Waals surface area contributed by atoms with Crippen molar-refractivity contribution in [1.82, 2.24) is 19.9 Å². The molecule has 0 bridgehead atoms. The molecule has 0 aliphatic heterocycles. The summed E-state index contributed by atoms with van der Waals surface area (Å²) in [7, 11) is 0. The zero-order valence-corrected chi connectivity index (χ0v) is 11.0. The molecule has 0 fully saturated rings. The van der Waals surface area contributed by atoms with Crippen LogP contribution in [0.5, 0.6) is 0 Å². The van der Waals surface area contributed by atoms with Gasteiger partial charge in [0.25, 0.3) is 0 Å². The summed E-state index contributed by atoms with van der Waals surface area (Å²) in [5, 5.41) is 2.25. The molecule has 0 radical (unpaired) electrons. The maximum Gasteiger partial charge on any atom is 0.141 e. The highest BCUT2D eigenvalue weighted by Gasteiger charge is 2.10. The molecule has 0 amide bonds. The van der Waals surface area contributed by atoms with Gasteiger partial charge in [0, 0.05) is 17.8 Å². The van der Waals surface area contributed by atoms with Crippen LogP contribution in [0, 0.1) is 0 Å². The number of aromatic amines is 1. The van der Waals surface area contributed by atoms with E-state index in [1.807, 2.05) is 18.5 Å². The number of unbranched alkanes of at least 4 members (excludes halogenated alkanes) is 1. The first-order chi connectivity index (χ1) is 8.88. The molecule has 4 nitrogen and oxygen atoms in total. The topological polar surface area (TPSA) is 54.5 Å². The average molecular weight is 258 g/mol. The van der Waals surface area contributed by atoms with Crippen molar-refractivity contribution in [3.63, 3.8) is 0 Å². The lowest BCUT2D eigenvalue weighted by Crippen LogP contribution is -1.84. The lowest BCUT2D eigenvalue weighted by molar-refractivity contribution is 0.790. The van der Waals surface area contributed by atoms with E-state index < -0.39 is 0 Å². The predicted octanol–water partition coefficient (Wildman–Crippen LogP) is 3.42. The van der Waals surface area contributed by atoms with Gasteiger partial charge in [-0.25, -0.2) is 15.0 Å². The van der Waals surface area contributed by atoms with Crippen LogP contribution in [-0.4, -0.2) is 19.9 Å². The predicted molar refractivity (Wildman–Crippen MR) is 73.6 cm³/mol. The molecule has 0 aliphatic carbocycles. The van der Waals surface area contributed by atoms with E-state index >= 15 is 0 Å². The fourth-order valence-corrected chi connectivity index (χ4v) is 2.90. The van der Waals surface area contributed by atoms with E-state index in [4.69, 9.17) is 0 Å². The number of thiazole rings is 1. The van der Waals surface area contributed by atoms with Crippen LogP contribution in [0.15, 0.2) is 24.8 Å². The Kier molecular flexibility index (Phi) is 3.06. The molecule has 0 unspecified atom stereocenters. The molecule has 3 aromatic rings. The van der Waals surface area contributed by atoms with Crippen LogP contribution in [-0.2, 0) is 6.42 Å². The Morgan fingerprint density at radius 2 is 2.22 bits per heavy atom. The lowest BCUT2D eigenvalue weighted by Gasteiger charge is -1.97. The van der Waals surface area contributed by atoms with Gasteiger partial charge in [0.05, 0.1) is 15.6 Å². The molecule has 92 valence electrons. The van der Waals surface area contributed by atoms with Crippen molar-refractivity contribution in [2.24, 2.45) is 0 Å². The Bertz CT molecular complexity index is 656. The van der Waals surface area contributed by atoms with Gasteiger partial charge >= 0.3 is 0 Å². The fourth-order valence-electron chi connectivity index (χ4n) is 1.93. The third-order valence-corrected chi connectivity index (χ3v) is 3.95. The van der Waals surface area contributed by atoms with Gasteiger partial charge < -0.3 is 4.98 Å². The second kappa shape index (κ2) is 4.86. The van der Waals surface area contributed by atoms with Gasteiger partial charge in [-0.2, -0.15) is 0 Å². The number of hydrogen-bond acceptors (Lipinski definition) is 4. The summed E-state index contributed by atoms with van der Waals surface area (Å²) in [5.74, 6) is 0. The molecule has 18 heavy (non-hydrogen) atoms. The third kappa shape index (κ3) is 2.01. The average Bonchev–Trinajstić information content (AvgIpc) is 3.04. The maximum absolute atomic E-state index is 4.47. The number of rotatable bonds is 4. The minimum Gasteiger partial charge on any atom is -0.346 e. The Balaban J connectivity index is 1.98. The molecular weight excluding hydrogens is 244 g/mol. The quantitative estimate of drug-likeness (QED) is 0.780. The van der Waals surface area contributed by atoms with Crippen LogP contribution in [0.2, 0.25) is 0 Å².